The van der Waals surface area contributed by atoms with Crippen LogP contribution in [0.15, 0.2) is 17.0 Å². The highest BCUT2D eigenvalue weighted by atomic mass is 32.2. The highest BCUT2D eigenvalue weighted by molar-refractivity contribution is 7.99. The number of benzene rings is 1. The molecular weight excluding hydrogens is 418 g/mol. The lowest BCUT2D eigenvalue weighted by molar-refractivity contribution is -0.176. The number of hydrogen-bond acceptors (Lipinski definition) is 4. The Morgan fingerprint density at radius 3 is 1.88 bits per heavy atom. The largest absolute Gasteiger partial charge is 0.507 e. The number of thioether (sulfide) groups is 1. The summed E-state index contributed by atoms with van der Waals surface area (Å²) in [6, 6.07) is 4.25. The molecule has 1 aromatic rings. The zero-order chi connectivity index (χ0) is 24.9. The Labute approximate surface area is 201 Å². The fraction of sp³-hybridized carbons (Fsp3) is 0.741. The third kappa shape index (κ3) is 8.62. The topological polar surface area (TPSA) is 60.8 Å². The number of unbranched alkanes of at least 4 members (excludes halogenated alkanes) is 2. The summed E-state index contributed by atoms with van der Waals surface area (Å²) in [5, 5.41) is 22.0. The number of carbonyl (C=O) groups is 1. The lowest BCUT2D eigenvalue weighted by atomic mass is 9.79. The molecule has 0 spiro atoms. The van der Waals surface area contributed by atoms with Gasteiger partial charge in [-0.25, -0.2) is 5.06 Å². The van der Waals surface area contributed by atoms with Crippen molar-refractivity contribution < 1.29 is 15.1 Å². The lowest BCUT2D eigenvalue weighted by Crippen LogP contribution is -2.40. The number of phenolic OH excluding ortho intramolecular Hbond substituents is 1. The predicted octanol–water partition coefficient (Wildman–Crippen LogP) is 7.54. The second kappa shape index (κ2) is 11.3. The molecular formula is C27H47NO3S. The fourth-order valence-electron chi connectivity index (χ4n) is 4.12. The van der Waals surface area contributed by atoms with Crippen LogP contribution in [0.25, 0.3) is 0 Å². The van der Waals surface area contributed by atoms with E-state index in [-0.39, 0.29) is 16.7 Å². The summed E-state index contributed by atoms with van der Waals surface area (Å²) in [4.78, 5) is 13.7. The van der Waals surface area contributed by atoms with E-state index in [1.54, 1.807) is 0 Å². The molecule has 0 saturated heterocycles. The maximum Gasteiger partial charge on any atom is 0.251 e. The van der Waals surface area contributed by atoms with Crippen LogP contribution in [0, 0.1) is 11.3 Å². The summed E-state index contributed by atoms with van der Waals surface area (Å²) in [7, 11) is 0. The van der Waals surface area contributed by atoms with Crippen molar-refractivity contribution in [1.82, 2.24) is 5.06 Å². The van der Waals surface area contributed by atoms with Gasteiger partial charge in [0, 0.05) is 28.0 Å². The van der Waals surface area contributed by atoms with Crippen LogP contribution >= 0.6 is 11.8 Å². The lowest BCUT2D eigenvalue weighted by Gasteiger charge is -2.29. The zero-order valence-corrected chi connectivity index (χ0v) is 22.9. The van der Waals surface area contributed by atoms with Gasteiger partial charge < -0.3 is 5.11 Å². The van der Waals surface area contributed by atoms with Gasteiger partial charge in [-0.05, 0) is 53.9 Å². The first-order valence-electron chi connectivity index (χ1n) is 12.0. The Hall–Kier alpha value is -1.20. The average Bonchev–Trinajstić information content (AvgIpc) is 2.61. The molecule has 4 nitrogen and oxygen atoms in total. The first kappa shape index (κ1) is 28.8. The van der Waals surface area contributed by atoms with Gasteiger partial charge in [-0.2, -0.15) is 0 Å². The molecule has 32 heavy (non-hydrogen) atoms. The van der Waals surface area contributed by atoms with Crippen molar-refractivity contribution in [2.75, 3.05) is 12.3 Å². The van der Waals surface area contributed by atoms with Gasteiger partial charge in [0.15, 0.2) is 0 Å². The SMILES string of the molecule is CC(C)CC(C)(C)C(=O)N(O)CCCCCSc1cc(C(C)(C)C)c(O)c(C(C)(C)C)c1. The number of amides is 1. The molecule has 0 bridgehead atoms. The van der Waals surface area contributed by atoms with Crippen LogP contribution in [-0.2, 0) is 15.6 Å². The molecule has 1 amide bonds. The summed E-state index contributed by atoms with van der Waals surface area (Å²) in [5.41, 5.74) is 1.20. The highest BCUT2D eigenvalue weighted by Gasteiger charge is 2.32. The van der Waals surface area contributed by atoms with Gasteiger partial charge in [-0.3, -0.25) is 10.0 Å². The molecule has 0 radical (unpaired) electrons. The third-order valence-corrected chi connectivity index (χ3v) is 6.78. The maximum atomic E-state index is 12.5. The number of hydrogen-bond donors (Lipinski definition) is 2. The molecule has 0 aliphatic rings. The minimum Gasteiger partial charge on any atom is -0.507 e. The molecule has 2 N–H and O–H groups in total. The first-order valence-corrected chi connectivity index (χ1v) is 13.0. The number of nitrogens with zero attached hydrogens (tertiary/aromatic N) is 1. The van der Waals surface area contributed by atoms with Crippen molar-refractivity contribution in [3.05, 3.63) is 23.3 Å². The number of phenols is 1. The van der Waals surface area contributed by atoms with Gasteiger partial charge in [0.25, 0.3) is 5.91 Å². The Kier molecular flexibility index (Phi) is 10.2. The number of carbonyl (C=O) groups excluding carboxylic acids is 1. The molecule has 0 heterocycles. The van der Waals surface area contributed by atoms with Crippen molar-refractivity contribution in [2.45, 2.75) is 111 Å². The summed E-state index contributed by atoms with van der Waals surface area (Å²) in [6.07, 6.45) is 3.52. The van der Waals surface area contributed by atoms with Crippen molar-refractivity contribution in [2.24, 2.45) is 11.3 Å². The van der Waals surface area contributed by atoms with E-state index in [2.05, 4.69) is 67.5 Å². The van der Waals surface area contributed by atoms with Crippen molar-refractivity contribution in [1.29, 1.82) is 0 Å². The van der Waals surface area contributed by atoms with Gasteiger partial charge in [0.2, 0.25) is 0 Å². The summed E-state index contributed by atoms with van der Waals surface area (Å²) >= 11 is 1.81. The van der Waals surface area contributed by atoms with E-state index in [0.29, 0.717) is 18.2 Å². The van der Waals surface area contributed by atoms with Crippen LogP contribution in [-0.4, -0.2) is 33.6 Å². The summed E-state index contributed by atoms with van der Waals surface area (Å²) < 4.78 is 0. The summed E-state index contributed by atoms with van der Waals surface area (Å²) in [6.45, 7) is 21.2. The van der Waals surface area contributed by atoms with E-state index in [1.807, 2.05) is 25.6 Å². The van der Waals surface area contributed by atoms with Crippen LogP contribution in [0.2, 0.25) is 0 Å². The van der Waals surface area contributed by atoms with Crippen LogP contribution in [0.4, 0.5) is 0 Å². The van der Waals surface area contributed by atoms with Crippen molar-refractivity contribution >= 4 is 17.7 Å². The molecule has 5 heteroatoms. The standard InChI is InChI=1S/C27H47NO3S/c1-19(2)18-27(9,10)24(30)28(31)14-12-11-13-15-32-20-16-21(25(3,4)5)23(29)22(17-20)26(6,7)8/h16-17,19,29,31H,11-15,18H2,1-10H3. The van der Waals surface area contributed by atoms with Crippen molar-refractivity contribution in [3.63, 3.8) is 0 Å². The minimum absolute atomic E-state index is 0.124. The van der Waals surface area contributed by atoms with Crippen LogP contribution in [0.5, 0.6) is 5.75 Å². The number of aromatic hydroxyl groups is 1. The molecule has 0 unspecified atom stereocenters. The second-order valence-electron chi connectivity index (χ2n) is 12.2. The van der Waals surface area contributed by atoms with Gasteiger partial charge in [0.05, 0.1) is 0 Å². The van der Waals surface area contributed by atoms with E-state index < -0.39 is 5.41 Å². The third-order valence-electron chi connectivity index (χ3n) is 5.71. The Bertz CT molecular complexity index is 722. The van der Waals surface area contributed by atoms with Crippen LogP contribution < -0.4 is 0 Å². The van der Waals surface area contributed by atoms with Gasteiger partial charge in [0.1, 0.15) is 5.75 Å². The molecule has 0 aromatic heterocycles. The van der Waals surface area contributed by atoms with E-state index in [1.165, 1.54) is 4.90 Å². The number of hydroxylamine groups is 2. The van der Waals surface area contributed by atoms with Gasteiger partial charge >= 0.3 is 0 Å². The maximum absolute atomic E-state index is 12.5. The predicted molar refractivity (Wildman–Crippen MR) is 137 cm³/mol. The molecule has 0 aliphatic carbocycles. The second-order valence-corrected chi connectivity index (χ2v) is 13.4. The molecule has 1 aromatic carbocycles. The monoisotopic (exact) mass is 465 g/mol. The molecule has 1 rings (SSSR count). The zero-order valence-electron chi connectivity index (χ0n) is 22.1. The van der Waals surface area contributed by atoms with E-state index in [4.69, 9.17) is 0 Å². The molecule has 0 fully saturated rings. The Morgan fingerprint density at radius 1 is 0.938 bits per heavy atom. The van der Waals surface area contributed by atoms with E-state index in [9.17, 15) is 15.1 Å². The molecule has 184 valence electrons. The molecule has 0 aliphatic heterocycles. The fourth-order valence-corrected chi connectivity index (χ4v) is 5.11. The van der Waals surface area contributed by atoms with Crippen LogP contribution in [0.1, 0.15) is 106 Å². The van der Waals surface area contributed by atoms with E-state index >= 15 is 0 Å². The smallest absolute Gasteiger partial charge is 0.251 e. The molecule has 0 saturated carbocycles. The Balaban J connectivity index is 2.62. The van der Waals surface area contributed by atoms with E-state index in [0.717, 1.165) is 47.6 Å². The normalized spacial score (nSPS) is 13.0. The van der Waals surface area contributed by atoms with Crippen molar-refractivity contribution in [3.8, 4) is 5.75 Å². The van der Waals surface area contributed by atoms with Gasteiger partial charge in [-0.1, -0.05) is 75.7 Å². The highest BCUT2D eigenvalue weighted by Crippen LogP contribution is 2.41. The minimum atomic E-state index is -0.535. The Morgan fingerprint density at radius 2 is 1.44 bits per heavy atom. The summed E-state index contributed by atoms with van der Waals surface area (Å²) in [5.74, 6) is 1.62. The first-order chi connectivity index (χ1) is 14.5. The van der Waals surface area contributed by atoms with Crippen LogP contribution in [0.3, 0.4) is 0 Å². The van der Waals surface area contributed by atoms with Gasteiger partial charge in [-0.15, -0.1) is 11.8 Å². The number of rotatable bonds is 10. The molecule has 0 atom stereocenters. The average molecular weight is 466 g/mol. The quantitative estimate of drug-likeness (QED) is 0.162.